The van der Waals surface area contributed by atoms with Gasteiger partial charge in [0.25, 0.3) is 5.91 Å². The highest BCUT2D eigenvalue weighted by atomic mass is 16.3. The van der Waals surface area contributed by atoms with E-state index in [2.05, 4.69) is 28.3 Å². The summed E-state index contributed by atoms with van der Waals surface area (Å²) in [5.41, 5.74) is 1.82. The van der Waals surface area contributed by atoms with Gasteiger partial charge < -0.3 is 9.73 Å². The number of aromatic nitrogens is 1. The fourth-order valence-corrected chi connectivity index (χ4v) is 3.26. The maximum absolute atomic E-state index is 12.2. The van der Waals surface area contributed by atoms with E-state index in [1.807, 2.05) is 12.3 Å². The first-order chi connectivity index (χ1) is 10.7. The molecule has 3 heterocycles. The summed E-state index contributed by atoms with van der Waals surface area (Å²) < 4.78 is 5.19. The number of nitrogens with zero attached hydrogens (tertiary/aromatic N) is 2. The molecule has 0 aliphatic carbocycles. The van der Waals surface area contributed by atoms with Gasteiger partial charge in [-0.3, -0.25) is 14.7 Å². The number of carbonyl (C=O) groups excluding carboxylic acids is 1. The van der Waals surface area contributed by atoms with Crippen LogP contribution in [0.15, 0.2) is 41.3 Å². The van der Waals surface area contributed by atoms with Gasteiger partial charge in [-0.15, -0.1) is 0 Å². The zero-order chi connectivity index (χ0) is 15.5. The monoisotopic (exact) mass is 299 g/mol. The van der Waals surface area contributed by atoms with Crippen LogP contribution < -0.4 is 5.32 Å². The van der Waals surface area contributed by atoms with Crippen molar-refractivity contribution < 1.29 is 9.21 Å². The van der Waals surface area contributed by atoms with Gasteiger partial charge in [0, 0.05) is 25.0 Å². The molecule has 0 radical (unpaired) electrons. The lowest BCUT2D eigenvalue weighted by atomic mass is 9.94. The first kappa shape index (κ1) is 14.8. The Bertz CT molecular complexity index is 638. The van der Waals surface area contributed by atoms with Crippen molar-refractivity contribution >= 4 is 5.91 Å². The smallest absolute Gasteiger partial charge is 0.254 e. The highest BCUT2D eigenvalue weighted by molar-refractivity contribution is 5.95. The van der Waals surface area contributed by atoms with Crippen molar-refractivity contribution in [3.63, 3.8) is 0 Å². The van der Waals surface area contributed by atoms with Crippen LogP contribution in [0, 0.1) is 12.8 Å². The number of pyridine rings is 1. The molecule has 2 aromatic heterocycles. The second kappa shape index (κ2) is 6.32. The van der Waals surface area contributed by atoms with E-state index >= 15 is 0 Å². The first-order valence-electron chi connectivity index (χ1n) is 7.59. The molecule has 22 heavy (non-hydrogen) atoms. The van der Waals surface area contributed by atoms with E-state index in [0.717, 1.165) is 13.0 Å². The zero-order valence-corrected chi connectivity index (χ0v) is 13.0. The third kappa shape index (κ3) is 2.90. The van der Waals surface area contributed by atoms with Crippen molar-refractivity contribution in [3.8, 4) is 0 Å². The molecule has 116 valence electrons. The highest BCUT2D eigenvalue weighted by Crippen LogP contribution is 2.35. The van der Waals surface area contributed by atoms with E-state index in [1.165, 1.54) is 5.56 Å². The predicted octanol–water partition coefficient (Wildman–Crippen LogP) is 2.41. The molecule has 1 fully saturated rings. The molecule has 1 aliphatic heterocycles. The number of hydrogen-bond donors (Lipinski definition) is 1. The minimum Gasteiger partial charge on any atom is -0.469 e. The number of nitrogens with one attached hydrogen (secondary N) is 1. The molecule has 0 saturated carbocycles. The van der Waals surface area contributed by atoms with Crippen molar-refractivity contribution in [2.24, 2.45) is 5.92 Å². The molecule has 1 aliphatic rings. The van der Waals surface area contributed by atoms with Gasteiger partial charge in [-0.2, -0.15) is 0 Å². The van der Waals surface area contributed by atoms with Gasteiger partial charge in [0.05, 0.1) is 11.8 Å². The summed E-state index contributed by atoms with van der Waals surface area (Å²) in [7, 11) is 2.12. The Labute approximate surface area is 130 Å². The maximum atomic E-state index is 12.2. The largest absolute Gasteiger partial charge is 0.469 e. The Morgan fingerprint density at radius 1 is 1.50 bits per heavy atom. The lowest BCUT2D eigenvalue weighted by molar-refractivity contribution is 0.0942. The number of likely N-dealkylation sites (tertiary alicyclic amines) is 1. The number of rotatable bonds is 4. The molecule has 1 N–H and O–H groups in total. The summed E-state index contributed by atoms with van der Waals surface area (Å²) in [5.74, 6) is 0.987. The molecule has 3 rings (SSSR count). The first-order valence-corrected chi connectivity index (χ1v) is 7.59. The summed E-state index contributed by atoms with van der Waals surface area (Å²) >= 11 is 0. The molecule has 2 aromatic rings. The van der Waals surface area contributed by atoms with Crippen LogP contribution >= 0.6 is 0 Å². The summed E-state index contributed by atoms with van der Waals surface area (Å²) in [5, 5.41) is 3.04. The van der Waals surface area contributed by atoms with E-state index in [9.17, 15) is 4.79 Å². The summed E-state index contributed by atoms with van der Waals surface area (Å²) in [6.45, 7) is 3.49. The van der Waals surface area contributed by atoms with Crippen molar-refractivity contribution in [1.29, 1.82) is 0 Å². The van der Waals surface area contributed by atoms with Crippen LogP contribution in [0.3, 0.4) is 0 Å². The van der Waals surface area contributed by atoms with Crippen LogP contribution in [0.2, 0.25) is 0 Å². The third-order valence-corrected chi connectivity index (χ3v) is 4.43. The van der Waals surface area contributed by atoms with Crippen LogP contribution in [-0.4, -0.2) is 35.9 Å². The van der Waals surface area contributed by atoms with Crippen LogP contribution in [0.5, 0.6) is 0 Å². The Morgan fingerprint density at radius 3 is 3.05 bits per heavy atom. The number of amides is 1. The van der Waals surface area contributed by atoms with E-state index in [0.29, 0.717) is 29.8 Å². The molecule has 1 saturated heterocycles. The molecule has 0 spiro atoms. The van der Waals surface area contributed by atoms with Crippen molar-refractivity contribution in [2.75, 3.05) is 20.1 Å². The molecule has 0 unspecified atom stereocenters. The lowest BCUT2D eigenvalue weighted by Crippen LogP contribution is -2.32. The minimum absolute atomic E-state index is 0.0641. The van der Waals surface area contributed by atoms with Crippen LogP contribution in [0.25, 0.3) is 0 Å². The van der Waals surface area contributed by atoms with Crippen LogP contribution in [-0.2, 0) is 0 Å². The Balaban J connectivity index is 1.67. The molecule has 1 amide bonds. The van der Waals surface area contributed by atoms with Crippen molar-refractivity contribution in [2.45, 2.75) is 19.4 Å². The molecular formula is C17H21N3O2. The Morgan fingerprint density at radius 2 is 2.36 bits per heavy atom. The summed E-state index contributed by atoms with van der Waals surface area (Å²) in [6, 6.07) is 6.09. The summed E-state index contributed by atoms with van der Waals surface area (Å²) in [6.07, 6.45) is 6.32. The van der Waals surface area contributed by atoms with Gasteiger partial charge in [0.1, 0.15) is 5.76 Å². The van der Waals surface area contributed by atoms with Crippen molar-refractivity contribution in [3.05, 3.63) is 53.7 Å². The van der Waals surface area contributed by atoms with Gasteiger partial charge in [-0.25, -0.2) is 0 Å². The predicted molar refractivity (Wildman–Crippen MR) is 83.5 cm³/mol. The minimum atomic E-state index is -0.0641. The lowest BCUT2D eigenvalue weighted by Gasteiger charge is -2.25. The number of carbonyl (C=O) groups is 1. The highest BCUT2D eigenvalue weighted by Gasteiger charge is 2.33. The third-order valence-electron chi connectivity index (χ3n) is 4.43. The van der Waals surface area contributed by atoms with Gasteiger partial charge >= 0.3 is 0 Å². The summed E-state index contributed by atoms with van der Waals surface area (Å²) in [4.78, 5) is 18.8. The maximum Gasteiger partial charge on any atom is 0.254 e. The zero-order valence-electron chi connectivity index (χ0n) is 13.0. The normalized spacial score (nSPS) is 21.9. The second-order valence-corrected chi connectivity index (χ2v) is 5.86. The molecule has 0 bridgehead atoms. The number of hydrogen-bond acceptors (Lipinski definition) is 4. The fourth-order valence-electron chi connectivity index (χ4n) is 3.26. The fraction of sp³-hybridized carbons (Fsp3) is 0.412. The van der Waals surface area contributed by atoms with E-state index in [-0.39, 0.29) is 5.91 Å². The van der Waals surface area contributed by atoms with Crippen LogP contribution in [0.1, 0.15) is 34.1 Å². The van der Waals surface area contributed by atoms with E-state index in [1.54, 1.807) is 25.5 Å². The van der Waals surface area contributed by atoms with E-state index in [4.69, 9.17) is 4.42 Å². The average Bonchev–Trinajstić information content (AvgIpc) is 3.11. The van der Waals surface area contributed by atoms with E-state index < -0.39 is 0 Å². The average molecular weight is 299 g/mol. The topological polar surface area (TPSA) is 58.4 Å². The Hall–Kier alpha value is -2.14. The van der Waals surface area contributed by atoms with Gasteiger partial charge in [-0.1, -0.05) is 6.07 Å². The molecule has 5 heteroatoms. The van der Waals surface area contributed by atoms with Crippen molar-refractivity contribution in [1.82, 2.24) is 15.2 Å². The Kier molecular flexibility index (Phi) is 4.24. The molecule has 0 aromatic carbocycles. The number of aryl methyl sites for hydroxylation is 1. The SMILES string of the molecule is Cc1occc1C(=O)NC[C@@H]1CCN(C)[C@H]1c1cccnc1. The van der Waals surface area contributed by atoms with Gasteiger partial charge in [-0.05, 0) is 50.6 Å². The van der Waals surface area contributed by atoms with Gasteiger partial charge in [0.2, 0.25) is 0 Å². The van der Waals surface area contributed by atoms with Gasteiger partial charge in [0.15, 0.2) is 0 Å². The second-order valence-electron chi connectivity index (χ2n) is 5.86. The number of furan rings is 1. The van der Waals surface area contributed by atoms with Crippen LogP contribution in [0.4, 0.5) is 0 Å². The molecule has 5 nitrogen and oxygen atoms in total. The quantitative estimate of drug-likeness (QED) is 0.942. The standard InChI is InChI=1S/C17H21N3O2/c1-12-15(6-9-22-12)17(21)19-11-14-5-8-20(2)16(14)13-4-3-7-18-10-13/h3-4,6-7,9-10,14,16H,5,8,11H2,1-2H3,(H,19,21)/t14-,16-/m0/s1. The molecule has 2 atom stereocenters. The molecular weight excluding hydrogens is 278 g/mol.